The molecule has 1 saturated heterocycles. The van der Waals surface area contributed by atoms with Gasteiger partial charge in [0.25, 0.3) is 11.8 Å². The summed E-state index contributed by atoms with van der Waals surface area (Å²) in [5.41, 5.74) is 4.20. The lowest BCUT2D eigenvalue weighted by Gasteiger charge is -2.36. The molecule has 4 aromatic rings. The minimum Gasteiger partial charge on any atom is -0.368 e. The Kier molecular flexibility index (Phi) is 7.72. The highest BCUT2D eigenvalue weighted by Crippen LogP contribution is 2.26. The van der Waals surface area contributed by atoms with Crippen LogP contribution in [-0.4, -0.2) is 48.0 Å². The Morgan fingerprint density at radius 2 is 1.45 bits per heavy atom. The third kappa shape index (κ3) is 5.56. The lowest BCUT2D eigenvalue weighted by atomic mass is 10.0. The maximum Gasteiger partial charge on any atom is 0.258 e. The average molecular weight is 588 g/mol. The van der Waals surface area contributed by atoms with Gasteiger partial charge in [0.15, 0.2) is 5.11 Å². The van der Waals surface area contributed by atoms with Crippen LogP contribution in [0.15, 0.2) is 89.4 Å². The summed E-state index contributed by atoms with van der Waals surface area (Å²) in [5.74, 6) is -0.171. The van der Waals surface area contributed by atoms with E-state index in [0.717, 1.165) is 50.8 Å². The fourth-order valence-electron chi connectivity index (χ4n) is 4.71. The van der Waals surface area contributed by atoms with Gasteiger partial charge in [-0.15, -0.1) is 0 Å². The van der Waals surface area contributed by atoms with Crippen LogP contribution in [0, 0.1) is 6.92 Å². The van der Waals surface area contributed by atoms with Crippen molar-refractivity contribution in [3.8, 4) is 0 Å². The molecule has 4 aromatic carbocycles. The van der Waals surface area contributed by atoms with Crippen LogP contribution in [0.5, 0.6) is 0 Å². The minimum atomic E-state index is -0.263. The number of anilines is 2. The number of halogens is 1. The van der Waals surface area contributed by atoms with Crippen molar-refractivity contribution in [3.05, 3.63) is 106 Å². The summed E-state index contributed by atoms with van der Waals surface area (Å²) in [6.45, 7) is 4.85. The molecule has 1 heterocycles. The smallest absolute Gasteiger partial charge is 0.258 e. The lowest BCUT2D eigenvalue weighted by molar-refractivity contribution is 0.0746. The standard InChI is InChI=1S/C30H27BrN4O2S/c1-20-6-2-3-7-23(20)29(37)35-18-16-34(17-19-35)22-14-12-21(13-15-22)32-30(38)33-28(36)26-10-4-9-25-24(26)8-5-11-27(25)31/h2-15H,16-19H2,1H3,(H2,32,33,36,38). The van der Waals surface area contributed by atoms with Crippen molar-refractivity contribution in [1.82, 2.24) is 10.2 Å². The zero-order chi connectivity index (χ0) is 26.6. The highest BCUT2D eigenvalue weighted by molar-refractivity contribution is 9.10. The summed E-state index contributed by atoms with van der Waals surface area (Å²) >= 11 is 8.95. The Hall–Kier alpha value is -3.75. The van der Waals surface area contributed by atoms with Gasteiger partial charge in [-0.2, -0.15) is 0 Å². The molecule has 192 valence electrons. The molecule has 1 aliphatic heterocycles. The van der Waals surface area contributed by atoms with Gasteiger partial charge in [0.2, 0.25) is 0 Å². The van der Waals surface area contributed by atoms with Gasteiger partial charge in [-0.25, -0.2) is 0 Å². The maximum atomic E-state index is 12.9. The number of carbonyl (C=O) groups excluding carboxylic acids is 2. The number of nitrogens with zero attached hydrogens (tertiary/aromatic N) is 2. The number of amides is 2. The Balaban J connectivity index is 1.16. The molecule has 2 N–H and O–H groups in total. The van der Waals surface area contributed by atoms with Crippen molar-refractivity contribution in [1.29, 1.82) is 0 Å². The van der Waals surface area contributed by atoms with Crippen molar-refractivity contribution in [2.75, 3.05) is 36.4 Å². The number of thiocarbonyl (C=S) groups is 1. The number of hydrogen-bond donors (Lipinski definition) is 2. The van der Waals surface area contributed by atoms with Gasteiger partial charge < -0.3 is 15.1 Å². The monoisotopic (exact) mass is 586 g/mol. The number of rotatable bonds is 4. The molecular formula is C30H27BrN4O2S. The second-order valence-electron chi connectivity index (χ2n) is 9.19. The van der Waals surface area contributed by atoms with Crippen LogP contribution in [0.3, 0.4) is 0 Å². The first-order valence-electron chi connectivity index (χ1n) is 12.4. The zero-order valence-corrected chi connectivity index (χ0v) is 23.3. The van der Waals surface area contributed by atoms with Gasteiger partial charge >= 0.3 is 0 Å². The quantitative estimate of drug-likeness (QED) is 0.287. The molecule has 0 aliphatic carbocycles. The summed E-state index contributed by atoms with van der Waals surface area (Å²) in [7, 11) is 0. The topological polar surface area (TPSA) is 64.7 Å². The highest BCUT2D eigenvalue weighted by atomic mass is 79.9. The summed E-state index contributed by atoms with van der Waals surface area (Å²) in [4.78, 5) is 30.0. The number of nitrogens with one attached hydrogen (secondary N) is 2. The first-order chi connectivity index (χ1) is 18.4. The van der Waals surface area contributed by atoms with E-state index in [1.807, 2.05) is 90.7 Å². The van der Waals surface area contributed by atoms with E-state index < -0.39 is 0 Å². The highest BCUT2D eigenvalue weighted by Gasteiger charge is 2.23. The van der Waals surface area contributed by atoms with Crippen LogP contribution in [0.2, 0.25) is 0 Å². The van der Waals surface area contributed by atoms with Crippen molar-refractivity contribution in [2.45, 2.75) is 6.92 Å². The van der Waals surface area contributed by atoms with E-state index in [1.165, 1.54) is 0 Å². The van der Waals surface area contributed by atoms with Crippen molar-refractivity contribution >= 4 is 67.2 Å². The predicted molar refractivity (Wildman–Crippen MR) is 161 cm³/mol. The van der Waals surface area contributed by atoms with E-state index in [2.05, 4.69) is 31.5 Å². The number of hydrogen-bond acceptors (Lipinski definition) is 4. The molecule has 2 amide bonds. The fraction of sp³-hybridized carbons (Fsp3) is 0.167. The Bertz CT molecular complexity index is 1510. The SMILES string of the molecule is Cc1ccccc1C(=O)N1CCN(c2ccc(NC(=S)NC(=O)c3cccc4c(Br)cccc34)cc2)CC1. The van der Waals surface area contributed by atoms with Crippen LogP contribution in [-0.2, 0) is 0 Å². The van der Waals surface area contributed by atoms with Crippen LogP contribution in [0.4, 0.5) is 11.4 Å². The van der Waals surface area contributed by atoms with Crippen molar-refractivity contribution in [2.24, 2.45) is 0 Å². The van der Waals surface area contributed by atoms with Gasteiger partial charge in [-0.1, -0.05) is 58.4 Å². The molecule has 38 heavy (non-hydrogen) atoms. The Morgan fingerprint density at radius 1 is 0.789 bits per heavy atom. The van der Waals surface area contributed by atoms with Crippen LogP contribution in [0.1, 0.15) is 26.3 Å². The van der Waals surface area contributed by atoms with E-state index in [-0.39, 0.29) is 16.9 Å². The molecule has 0 spiro atoms. The summed E-state index contributed by atoms with van der Waals surface area (Å²) in [5, 5.41) is 7.94. The molecule has 5 rings (SSSR count). The molecule has 1 fully saturated rings. The average Bonchev–Trinajstić information content (AvgIpc) is 2.93. The van der Waals surface area contributed by atoms with E-state index >= 15 is 0 Å². The van der Waals surface area contributed by atoms with E-state index in [0.29, 0.717) is 18.7 Å². The summed E-state index contributed by atoms with van der Waals surface area (Å²) in [6.07, 6.45) is 0. The summed E-state index contributed by atoms with van der Waals surface area (Å²) < 4.78 is 0.935. The molecule has 0 bridgehead atoms. The van der Waals surface area contributed by atoms with E-state index in [9.17, 15) is 9.59 Å². The number of benzene rings is 4. The Labute approximate surface area is 235 Å². The van der Waals surface area contributed by atoms with E-state index in [4.69, 9.17) is 12.2 Å². The third-order valence-electron chi connectivity index (χ3n) is 6.77. The second kappa shape index (κ2) is 11.3. The van der Waals surface area contributed by atoms with Crippen LogP contribution < -0.4 is 15.5 Å². The normalized spacial score (nSPS) is 13.3. The molecule has 0 unspecified atom stereocenters. The van der Waals surface area contributed by atoms with Crippen molar-refractivity contribution < 1.29 is 9.59 Å². The first kappa shape index (κ1) is 25.9. The molecular weight excluding hydrogens is 560 g/mol. The van der Waals surface area contributed by atoms with Gasteiger partial charge in [-0.05, 0) is 77.9 Å². The molecule has 0 radical (unpaired) electrons. The van der Waals surface area contributed by atoms with Crippen molar-refractivity contribution in [3.63, 3.8) is 0 Å². The molecule has 1 aliphatic rings. The van der Waals surface area contributed by atoms with Crippen LogP contribution >= 0.6 is 28.1 Å². The predicted octanol–water partition coefficient (Wildman–Crippen LogP) is 6.00. The first-order valence-corrected chi connectivity index (χ1v) is 13.6. The number of fused-ring (bicyclic) bond motifs is 1. The third-order valence-corrected chi connectivity index (χ3v) is 7.67. The van der Waals surface area contributed by atoms with Gasteiger partial charge in [-0.3, -0.25) is 14.9 Å². The number of piperazine rings is 1. The molecule has 6 nitrogen and oxygen atoms in total. The molecule has 0 atom stereocenters. The Morgan fingerprint density at radius 3 is 2.18 bits per heavy atom. The fourth-order valence-corrected chi connectivity index (χ4v) is 5.42. The largest absolute Gasteiger partial charge is 0.368 e. The van der Waals surface area contributed by atoms with Crippen LogP contribution in [0.25, 0.3) is 10.8 Å². The lowest BCUT2D eigenvalue weighted by Crippen LogP contribution is -2.48. The zero-order valence-electron chi connectivity index (χ0n) is 20.9. The maximum absolute atomic E-state index is 12.9. The molecule has 8 heteroatoms. The van der Waals surface area contributed by atoms with Gasteiger partial charge in [0, 0.05) is 53.2 Å². The van der Waals surface area contributed by atoms with Gasteiger partial charge in [0.1, 0.15) is 0 Å². The molecule has 0 aromatic heterocycles. The second-order valence-corrected chi connectivity index (χ2v) is 10.5. The number of aryl methyl sites for hydroxylation is 1. The number of carbonyl (C=O) groups is 2. The minimum absolute atomic E-state index is 0.0917. The summed E-state index contributed by atoms with van der Waals surface area (Å²) in [6, 6.07) is 27.0. The van der Waals surface area contributed by atoms with E-state index in [1.54, 1.807) is 6.07 Å². The van der Waals surface area contributed by atoms with Gasteiger partial charge in [0.05, 0.1) is 0 Å². The molecule has 0 saturated carbocycles.